The minimum Gasteiger partial charge on any atom is -0.365 e. The zero-order valence-corrected chi connectivity index (χ0v) is 12.4. The van der Waals surface area contributed by atoms with Crippen LogP contribution in [0.25, 0.3) is 0 Å². The fourth-order valence-corrected chi connectivity index (χ4v) is 2.51. The number of anilines is 2. The predicted molar refractivity (Wildman–Crippen MR) is 84.4 cm³/mol. The van der Waals surface area contributed by atoms with Gasteiger partial charge in [0.1, 0.15) is 0 Å². The van der Waals surface area contributed by atoms with Crippen molar-refractivity contribution in [2.45, 2.75) is 32.7 Å². The average molecular weight is 283 g/mol. The Kier molecular flexibility index (Phi) is 4.28. The van der Waals surface area contributed by atoms with E-state index in [9.17, 15) is 0 Å². The van der Waals surface area contributed by atoms with Gasteiger partial charge in [-0.25, -0.2) is 0 Å². The molecule has 21 heavy (non-hydrogen) atoms. The standard InChI is InChI=1S/C16H21N5/c1-13-5-7-14(8-6-13)11-17-15-12-18-20-16(19-15)21-9-3-2-4-10-21/h5-8,12H,2-4,9-11H2,1H3,(H,17,19,20). The van der Waals surface area contributed by atoms with Crippen LogP contribution in [0.15, 0.2) is 30.5 Å². The number of benzene rings is 1. The number of hydrogen-bond acceptors (Lipinski definition) is 5. The third kappa shape index (κ3) is 3.68. The number of aryl methyl sites for hydroxylation is 1. The summed E-state index contributed by atoms with van der Waals surface area (Å²) in [7, 11) is 0. The highest BCUT2D eigenvalue weighted by atomic mass is 15.3. The Balaban J connectivity index is 1.64. The Morgan fingerprint density at radius 3 is 2.62 bits per heavy atom. The van der Waals surface area contributed by atoms with Crippen LogP contribution in [0.2, 0.25) is 0 Å². The number of hydrogen-bond donors (Lipinski definition) is 1. The van der Waals surface area contributed by atoms with Crippen molar-refractivity contribution in [3.8, 4) is 0 Å². The van der Waals surface area contributed by atoms with Crippen LogP contribution >= 0.6 is 0 Å². The molecule has 0 atom stereocenters. The van der Waals surface area contributed by atoms with Gasteiger partial charge in [0.05, 0.1) is 6.20 Å². The lowest BCUT2D eigenvalue weighted by atomic mass is 10.1. The number of nitrogens with one attached hydrogen (secondary N) is 1. The van der Waals surface area contributed by atoms with Crippen LogP contribution in [0.3, 0.4) is 0 Å². The molecule has 5 nitrogen and oxygen atoms in total. The van der Waals surface area contributed by atoms with Crippen molar-refractivity contribution in [2.75, 3.05) is 23.3 Å². The molecule has 0 radical (unpaired) electrons. The summed E-state index contributed by atoms with van der Waals surface area (Å²) in [5, 5.41) is 11.5. The zero-order chi connectivity index (χ0) is 14.5. The number of aromatic nitrogens is 3. The second kappa shape index (κ2) is 6.52. The summed E-state index contributed by atoms with van der Waals surface area (Å²) in [6.07, 6.45) is 5.41. The molecule has 1 saturated heterocycles. The minimum atomic E-state index is 0.739. The van der Waals surface area contributed by atoms with Gasteiger partial charge in [-0.1, -0.05) is 29.8 Å². The molecular formula is C16H21N5. The van der Waals surface area contributed by atoms with Gasteiger partial charge >= 0.3 is 0 Å². The van der Waals surface area contributed by atoms with Gasteiger partial charge in [0.25, 0.3) is 0 Å². The molecule has 0 unspecified atom stereocenters. The first-order valence-corrected chi connectivity index (χ1v) is 7.55. The number of piperidine rings is 1. The molecule has 2 heterocycles. The molecule has 1 aliphatic heterocycles. The van der Waals surface area contributed by atoms with Crippen LogP contribution in [0.5, 0.6) is 0 Å². The first kappa shape index (κ1) is 13.8. The molecule has 110 valence electrons. The maximum Gasteiger partial charge on any atom is 0.247 e. The van der Waals surface area contributed by atoms with Gasteiger partial charge in [0, 0.05) is 19.6 Å². The fourth-order valence-electron chi connectivity index (χ4n) is 2.51. The van der Waals surface area contributed by atoms with E-state index in [0.29, 0.717) is 0 Å². The van der Waals surface area contributed by atoms with E-state index in [0.717, 1.165) is 31.4 Å². The molecule has 2 aromatic rings. The Hall–Kier alpha value is -2.17. The third-order valence-electron chi connectivity index (χ3n) is 3.78. The number of nitrogens with zero attached hydrogens (tertiary/aromatic N) is 4. The van der Waals surface area contributed by atoms with Crippen molar-refractivity contribution >= 4 is 11.8 Å². The van der Waals surface area contributed by atoms with Crippen LogP contribution < -0.4 is 10.2 Å². The van der Waals surface area contributed by atoms with Crippen LogP contribution in [0, 0.1) is 6.92 Å². The van der Waals surface area contributed by atoms with Crippen LogP contribution in [-0.2, 0) is 6.54 Å². The molecule has 1 fully saturated rings. The van der Waals surface area contributed by atoms with E-state index in [2.05, 4.69) is 56.6 Å². The van der Waals surface area contributed by atoms with Crippen LogP contribution in [0.4, 0.5) is 11.8 Å². The monoisotopic (exact) mass is 283 g/mol. The van der Waals surface area contributed by atoms with Gasteiger partial charge in [0.15, 0.2) is 5.82 Å². The molecule has 1 N–H and O–H groups in total. The summed E-state index contributed by atoms with van der Waals surface area (Å²) in [5.74, 6) is 1.52. The maximum atomic E-state index is 4.57. The highest BCUT2D eigenvalue weighted by Crippen LogP contribution is 2.16. The van der Waals surface area contributed by atoms with E-state index >= 15 is 0 Å². The molecule has 0 spiro atoms. The highest BCUT2D eigenvalue weighted by molar-refractivity contribution is 5.40. The lowest BCUT2D eigenvalue weighted by Crippen LogP contribution is -2.31. The lowest BCUT2D eigenvalue weighted by molar-refractivity contribution is 0.565. The van der Waals surface area contributed by atoms with Crippen molar-refractivity contribution in [2.24, 2.45) is 0 Å². The van der Waals surface area contributed by atoms with Gasteiger partial charge in [-0.2, -0.15) is 10.1 Å². The SMILES string of the molecule is Cc1ccc(CNc2cnnc(N3CCCCC3)n2)cc1. The zero-order valence-electron chi connectivity index (χ0n) is 12.4. The largest absolute Gasteiger partial charge is 0.365 e. The molecule has 1 aliphatic rings. The molecule has 0 bridgehead atoms. The molecular weight excluding hydrogens is 262 g/mol. The van der Waals surface area contributed by atoms with Gasteiger partial charge in [-0.3, -0.25) is 0 Å². The van der Waals surface area contributed by atoms with Crippen molar-refractivity contribution in [3.63, 3.8) is 0 Å². The number of rotatable bonds is 4. The first-order valence-electron chi connectivity index (χ1n) is 7.55. The van der Waals surface area contributed by atoms with Gasteiger partial charge in [-0.05, 0) is 31.7 Å². The smallest absolute Gasteiger partial charge is 0.247 e. The summed E-state index contributed by atoms with van der Waals surface area (Å²) < 4.78 is 0. The third-order valence-corrected chi connectivity index (χ3v) is 3.78. The van der Waals surface area contributed by atoms with E-state index in [-0.39, 0.29) is 0 Å². The van der Waals surface area contributed by atoms with Crippen molar-refractivity contribution in [1.29, 1.82) is 0 Å². The second-order valence-corrected chi connectivity index (χ2v) is 5.53. The molecule has 1 aromatic heterocycles. The first-order chi connectivity index (χ1) is 10.3. The molecule has 0 saturated carbocycles. The Labute approximate surface area is 125 Å². The van der Waals surface area contributed by atoms with E-state index in [4.69, 9.17) is 0 Å². The minimum absolute atomic E-state index is 0.739. The Morgan fingerprint density at radius 1 is 1.10 bits per heavy atom. The van der Waals surface area contributed by atoms with Gasteiger partial charge in [-0.15, -0.1) is 5.10 Å². The Morgan fingerprint density at radius 2 is 1.86 bits per heavy atom. The van der Waals surface area contributed by atoms with Crippen molar-refractivity contribution in [1.82, 2.24) is 15.2 Å². The quantitative estimate of drug-likeness (QED) is 0.935. The molecule has 5 heteroatoms. The summed E-state index contributed by atoms with van der Waals surface area (Å²) in [4.78, 5) is 6.79. The summed E-state index contributed by atoms with van der Waals surface area (Å²) in [6, 6.07) is 8.49. The fraction of sp³-hybridized carbons (Fsp3) is 0.438. The van der Waals surface area contributed by atoms with Crippen molar-refractivity contribution < 1.29 is 0 Å². The average Bonchev–Trinajstić information content (AvgIpc) is 2.55. The van der Waals surface area contributed by atoms with E-state index in [1.807, 2.05) is 0 Å². The summed E-state index contributed by atoms with van der Waals surface area (Å²) in [5.41, 5.74) is 2.51. The van der Waals surface area contributed by atoms with Crippen LogP contribution in [-0.4, -0.2) is 28.3 Å². The second-order valence-electron chi connectivity index (χ2n) is 5.53. The Bertz CT molecular complexity index is 575. The molecule has 1 aromatic carbocycles. The van der Waals surface area contributed by atoms with E-state index < -0.39 is 0 Å². The molecule has 3 rings (SSSR count). The van der Waals surface area contributed by atoms with Gasteiger partial charge < -0.3 is 10.2 Å². The predicted octanol–water partition coefficient (Wildman–Crippen LogP) is 2.78. The molecule has 0 amide bonds. The highest BCUT2D eigenvalue weighted by Gasteiger charge is 2.14. The topological polar surface area (TPSA) is 53.9 Å². The maximum absolute atomic E-state index is 4.57. The molecule has 0 aliphatic carbocycles. The van der Waals surface area contributed by atoms with E-state index in [1.165, 1.54) is 30.4 Å². The van der Waals surface area contributed by atoms with Gasteiger partial charge in [0.2, 0.25) is 5.95 Å². The summed E-state index contributed by atoms with van der Waals surface area (Å²) in [6.45, 7) is 4.90. The normalized spacial score (nSPS) is 15.0. The van der Waals surface area contributed by atoms with Crippen molar-refractivity contribution in [3.05, 3.63) is 41.6 Å². The lowest BCUT2D eigenvalue weighted by Gasteiger charge is -2.26. The summed E-state index contributed by atoms with van der Waals surface area (Å²) >= 11 is 0. The van der Waals surface area contributed by atoms with E-state index in [1.54, 1.807) is 6.20 Å². The van der Waals surface area contributed by atoms with Crippen LogP contribution in [0.1, 0.15) is 30.4 Å².